The van der Waals surface area contributed by atoms with Crippen molar-refractivity contribution in [3.63, 3.8) is 0 Å². The van der Waals surface area contributed by atoms with Gasteiger partial charge in [-0.05, 0) is 32.3 Å². The van der Waals surface area contributed by atoms with Gasteiger partial charge >= 0.3 is 0 Å². The Morgan fingerprint density at radius 2 is 2.00 bits per heavy atom. The molecule has 0 N–H and O–H groups in total. The molecule has 1 aliphatic heterocycles. The van der Waals surface area contributed by atoms with Crippen LogP contribution in [0.3, 0.4) is 0 Å². The Hall–Kier alpha value is -1.15. The molecule has 1 spiro atoms. The van der Waals surface area contributed by atoms with Crippen LogP contribution in [0.25, 0.3) is 0 Å². The second-order valence-electron chi connectivity index (χ2n) is 5.96. The molecule has 0 amide bonds. The van der Waals surface area contributed by atoms with Crippen LogP contribution in [0.2, 0.25) is 0 Å². The van der Waals surface area contributed by atoms with Gasteiger partial charge < -0.3 is 4.74 Å². The van der Waals surface area contributed by atoms with E-state index in [4.69, 9.17) is 4.74 Å². The average Bonchev–Trinajstić information content (AvgIpc) is 2.51. The molecule has 90 valence electrons. The smallest absolute Gasteiger partial charge is 0.164 e. The number of benzene rings is 1. The van der Waals surface area contributed by atoms with Crippen molar-refractivity contribution >= 4 is 5.78 Å². The number of hydrogen-bond acceptors (Lipinski definition) is 2. The second kappa shape index (κ2) is 3.42. The van der Waals surface area contributed by atoms with Gasteiger partial charge in [0, 0.05) is 24.0 Å². The minimum Gasteiger partial charge on any atom is -0.376 e. The third-order valence-electron chi connectivity index (χ3n) is 4.14. The van der Waals surface area contributed by atoms with Crippen molar-refractivity contribution in [2.45, 2.75) is 44.1 Å². The summed E-state index contributed by atoms with van der Waals surface area (Å²) < 4.78 is 5.79. The van der Waals surface area contributed by atoms with E-state index in [-0.39, 0.29) is 11.0 Å². The molecule has 17 heavy (non-hydrogen) atoms. The molecule has 3 rings (SSSR count). The first-order chi connectivity index (χ1) is 8.03. The van der Waals surface area contributed by atoms with Crippen LogP contribution in [0.4, 0.5) is 0 Å². The Morgan fingerprint density at radius 1 is 1.24 bits per heavy atom. The van der Waals surface area contributed by atoms with Gasteiger partial charge in [-0.3, -0.25) is 4.79 Å². The number of Topliss-reactive ketones (excluding diaryl/α,β-unsaturated/α-hetero) is 1. The number of rotatable bonds is 0. The molecule has 1 atom stereocenters. The highest BCUT2D eigenvalue weighted by Gasteiger charge is 2.48. The molecule has 0 radical (unpaired) electrons. The Bertz CT molecular complexity index is 476. The van der Waals surface area contributed by atoms with E-state index in [0.29, 0.717) is 12.2 Å². The number of ketones is 1. The van der Waals surface area contributed by atoms with E-state index in [2.05, 4.69) is 19.9 Å². The molecule has 2 aliphatic rings. The maximum atomic E-state index is 12.1. The molecular formula is C15H18O2. The van der Waals surface area contributed by atoms with E-state index in [0.717, 1.165) is 25.0 Å². The predicted molar refractivity (Wildman–Crippen MR) is 66.3 cm³/mol. The Labute approximate surface area is 102 Å². The normalized spacial score (nSPS) is 30.6. The first-order valence-corrected chi connectivity index (χ1v) is 6.29. The molecule has 2 nitrogen and oxygen atoms in total. The van der Waals surface area contributed by atoms with E-state index in [1.54, 1.807) is 0 Å². The van der Waals surface area contributed by atoms with E-state index in [1.165, 1.54) is 5.56 Å². The molecule has 1 saturated heterocycles. The van der Waals surface area contributed by atoms with Crippen molar-refractivity contribution in [1.82, 2.24) is 0 Å². The van der Waals surface area contributed by atoms with Crippen LogP contribution in [0.15, 0.2) is 24.3 Å². The van der Waals surface area contributed by atoms with E-state index < -0.39 is 0 Å². The minimum atomic E-state index is -0.115. The quantitative estimate of drug-likeness (QED) is 0.684. The molecule has 1 heterocycles. The molecule has 2 heteroatoms. The highest BCUT2D eigenvalue weighted by Crippen LogP contribution is 2.49. The molecule has 0 aromatic heterocycles. The van der Waals surface area contributed by atoms with Gasteiger partial charge in [-0.15, -0.1) is 0 Å². The van der Waals surface area contributed by atoms with Crippen molar-refractivity contribution in [1.29, 1.82) is 0 Å². The average molecular weight is 230 g/mol. The van der Waals surface area contributed by atoms with Crippen LogP contribution >= 0.6 is 0 Å². The summed E-state index contributed by atoms with van der Waals surface area (Å²) in [7, 11) is 0. The molecular weight excluding hydrogens is 212 g/mol. The number of ether oxygens (including phenoxy) is 1. The summed E-state index contributed by atoms with van der Waals surface area (Å²) in [4.78, 5) is 12.1. The lowest BCUT2D eigenvalue weighted by Gasteiger charge is -2.43. The van der Waals surface area contributed by atoms with Crippen molar-refractivity contribution in [2.24, 2.45) is 0 Å². The first kappa shape index (κ1) is 11.0. The lowest BCUT2D eigenvalue weighted by Crippen LogP contribution is -2.43. The highest BCUT2D eigenvalue weighted by molar-refractivity contribution is 6.02. The van der Waals surface area contributed by atoms with E-state index in [9.17, 15) is 4.79 Å². The first-order valence-electron chi connectivity index (χ1n) is 6.29. The molecule has 1 aromatic rings. The van der Waals surface area contributed by atoms with Crippen molar-refractivity contribution in [3.8, 4) is 0 Å². The maximum absolute atomic E-state index is 12.1. The zero-order valence-electron chi connectivity index (χ0n) is 10.5. The van der Waals surface area contributed by atoms with Crippen LogP contribution < -0.4 is 0 Å². The van der Waals surface area contributed by atoms with Crippen LogP contribution in [0.5, 0.6) is 0 Å². The van der Waals surface area contributed by atoms with Crippen molar-refractivity contribution in [2.75, 3.05) is 6.61 Å². The summed E-state index contributed by atoms with van der Waals surface area (Å²) in [5.74, 6) is 0.304. The Balaban J connectivity index is 2.08. The fraction of sp³-hybridized carbons (Fsp3) is 0.533. The van der Waals surface area contributed by atoms with Crippen LogP contribution in [0, 0.1) is 0 Å². The SMILES string of the molecule is CC1(C)C[C@@]2(CCO1)CC(=O)c1ccccc12. The van der Waals surface area contributed by atoms with Crippen LogP contribution in [-0.4, -0.2) is 18.0 Å². The van der Waals surface area contributed by atoms with E-state index in [1.807, 2.05) is 18.2 Å². The summed E-state index contributed by atoms with van der Waals surface area (Å²) >= 11 is 0. The standard InChI is InChI=1S/C15H18O2/c1-14(2)10-15(7-8-17-14)9-13(16)11-5-3-4-6-12(11)15/h3-6H,7-10H2,1-2H3/t15-/m1/s1. The number of carbonyl (C=O) groups excluding carboxylic acids is 1. The van der Waals surface area contributed by atoms with Gasteiger partial charge in [0.2, 0.25) is 0 Å². The summed E-state index contributed by atoms with van der Waals surface area (Å²) in [5.41, 5.74) is 2.11. The number of carbonyl (C=O) groups is 1. The van der Waals surface area contributed by atoms with E-state index >= 15 is 0 Å². The molecule has 0 bridgehead atoms. The molecule has 0 unspecified atom stereocenters. The summed E-state index contributed by atoms with van der Waals surface area (Å²) in [6.07, 6.45) is 2.58. The fourth-order valence-electron chi connectivity index (χ4n) is 3.54. The van der Waals surface area contributed by atoms with Crippen molar-refractivity contribution < 1.29 is 9.53 Å². The zero-order valence-corrected chi connectivity index (χ0v) is 10.5. The monoisotopic (exact) mass is 230 g/mol. The minimum absolute atomic E-state index is 0.0371. The topological polar surface area (TPSA) is 26.3 Å². The summed E-state index contributed by atoms with van der Waals surface area (Å²) in [6.45, 7) is 5.01. The fourth-order valence-corrected chi connectivity index (χ4v) is 3.54. The van der Waals surface area contributed by atoms with Crippen molar-refractivity contribution in [3.05, 3.63) is 35.4 Å². The van der Waals surface area contributed by atoms with Crippen LogP contribution in [0.1, 0.15) is 49.0 Å². The van der Waals surface area contributed by atoms with Gasteiger partial charge in [0.05, 0.1) is 5.60 Å². The largest absolute Gasteiger partial charge is 0.376 e. The molecule has 0 saturated carbocycles. The van der Waals surface area contributed by atoms with Gasteiger partial charge in [-0.25, -0.2) is 0 Å². The van der Waals surface area contributed by atoms with Gasteiger partial charge in [0.25, 0.3) is 0 Å². The Morgan fingerprint density at radius 3 is 2.76 bits per heavy atom. The van der Waals surface area contributed by atoms with Gasteiger partial charge in [-0.2, -0.15) is 0 Å². The molecule has 1 aromatic carbocycles. The van der Waals surface area contributed by atoms with Gasteiger partial charge in [0.15, 0.2) is 5.78 Å². The molecule has 1 aliphatic carbocycles. The third kappa shape index (κ3) is 1.62. The third-order valence-corrected chi connectivity index (χ3v) is 4.14. The number of hydrogen-bond donors (Lipinski definition) is 0. The second-order valence-corrected chi connectivity index (χ2v) is 5.96. The summed E-state index contributed by atoms with van der Waals surface area (Å²) in [6, 6.07) is 8.10. The van der Waals surface area contributed by atoms with Crippen LogP contribution in [-0.2, 0) is 10.2 Å². The highest BCUT2D eigenvalue weighted by atomic mass is 16.5. The van der Waals surface area contributed by atoms with Gasteiger partial charge in [0.1, 0.15) is 0 Å². The predicted octanol–water partition coefficient (Wildman–Crippen LogP) is 3.10. The summed E-state index contributed by atoms with van der Waals surface area (Å²) in [5, 5.41) is 0. The maximum Gasteiger partial charge on any atom is 0.164 e. The lowest BCUT2D eigenvalue weighted by molar-refractivity contribution is -0.0809. The molecule has 1 fully saturated rings. The Kier molecular flexibility index (Phi) is 2.21. The zero-order chi connectivity index (χ0) is 12.1. The lowest BCUT2D eigenvalue weighted by atomic mass is 9.70. The van der Waals surface area contributed by atoms with Gasteiger partial charge in [-0.1, -0.05) is 24.3 Å². The number of fused-ring (bicyclic) bond motifs is 2.